The predicted molar refractivity (Wildman–Crippen MR) is 130 cm³/mol. The first-order valence-corrected chi connectivity index (χ1v) is 13.4. The molecule has 2 N–H and O–H groups in total. The third kappa shape index (κ3) is 4.78. The summed E-state index contributed by atoms with van der Waals surface area (Å²) in [7, 11) is -5.62. The highest BCUT2D eigenvalue weighted by Gasteiger charge is 2.34. The van der Waals surface area contributed by atoms with Crippen molar-refractivity contribution in [3.05, 3.63) is 70.8 Å². The van der Waals surface area contributed by atoms with E-state index in [4.69, 9.17) is 23.2 Å². The number of carboxylic acid groups (broad SMARTS) is 1. The number of hydrogen-bond donors (Lipinski definition) is 2. The number of carboxylic acids is 1. The maximum Gasteiger partial charge on any atom is 0.342 e. The molecule has 13 heteroatoms. The molecular weight excluding hydrogens is 523 g/mol. The maximum atomic E-state index is 13.0. The minimum absolute atomic E-state index is 0.0688. The van der Waals surface area contributed by atoms with E-state index < -0.39 is 32.0 Å². The van der Waals surface area contributed by atoms with Crippen molar-refractivity contribution in [1.29, 1.82) is 0 Å². The van der Waals surface area contributed by atoms with Gasteiger partial charge in [0.2, 0.25) is 15.2 Å². The van der Waals surface area contributed by atoms with E-state index >= 15 is 0 Å². The van der Waals surface area contributed by atoms with Crippen LogP contribution < -0.4 is 5.32 Å². The summed E-state index contributed by atoms with van der Waals surface area (Å²) in [6.07, 6.45) is 3.25. The largest absolute Gasteiger partial charge is 0.479 e. The first-order chi connectivity index (χ1) is 16.1. The monoisotopic (exact) mass is 538 g/mol. The Labute approximate surface area is 206 Å². The van der Waals surface area contributed by atoms with Gasteiger partial charge < -0.3 is 10.4 Å². The topological polar surface area (TPSA) is 131 Å². The molecule has 0 aliphatic rings. The average Bonchev–Trinajstić information content (AvgIpc) is 3.19. The standard InChI is InChI=1S/C21H16Cl2N4O5S2/c1-33(30)19-5-4-18(25-26-19)27-7-6-12-8-15(2-3-17(12)27)24-20(21(28)29)34(31,32)16-10-13(22)9-14(23)11-16/h2-11,20,24H,1H3,(H,28,29). The normalized spacial score (nSPS) is 13.5. The first kappa shape index (κ1) is 24.1. The highest BCUT2D eigenvalue weighted by atomic mass is 35.5. The van der Waals surface area contributed by atoms with Gasteiger partial charge in [0.05, 0.1) is 21.2 Å². The lowest BCUT2D eigenvalue weighted by Crippen LogP contribution is -2.37. The molecule has 2 unspecified atom stereocenters. The lowest BCUT2D eigenvalue weighted by molar-refractivity contribution is -0.135. The average molecular weight is 539 g/mol. The highest BCUT2D eigenvalue weighted by Crippen LogP contribution is 2.28. The fourth-order valence-corrected chi connectivity index (χ4v) is 5.76. The summed E-state index contributed by atoms with van der Waals surface area (Å²) in [4.78, 5) is 11.6. The zero-order chi connectivity index (χ0) is 24.6. The number of aliphatic carboxylic acids is 1. The van der Waals surface area contributed by atoms with Crippen LogP contribution in [-0.4, -0.2) is 50.1 Å². The molecular formula is C21H16Cl2N4O5S2. The Kier molecular flexibility index (Phi) is 6.63. The quantitative estimate of drug-likeness (QED) is 0.363. The van der Waals surface area contributed by atoms with Gasteiger partial charge in [0.1, 0.15) is 5.03 Å². The van der Waals surface area contributed by atoms with Crippen LogP contribution >= 0.6 is 23.2 Å². The van der Waals surface area contributed by atoms with Crippen LogP contribution in [0.15, 0.2) is 70.7 Å². The van der Waals surface area contributed by atoms with Gasteiger partial charge in [-0.05, 0) is 54.6 Å². The van der Waals surface area contributed by atoms with Crippen LogP contribution in [0.25, 0.3) is 16.7 Å². The van der Waals surface area contributed by atoms with E-state index in [9.17, 15) is 22.5 Å². The smallest absolute Gasteiger partial charge is 0.342 e. The molecule has 0 saturated heterocycles. The third-order valence-corrected chi connectivity index (χ3v) is 7.93. The SMILES string of the molecule is CS(=O)c1ccc(-n2ccc3cc(NC(C(=O)O)S(=O)(=O)c4cc(Cl)cc(Cl)c4)ccc32)nn1. The number of fused-ring (bicyclic) bond motifs is 1. The molecule has 4 aromatic rings. The molecule has 0 aliphatic heterocycles. The fraction of sp³-hybridized carbons (Fsp3) is 0.0952. The molecule has 0 bridgehead atoms. The molecule has 2 heterocycles. The minimum Gasteiger partial charge on any atom is -0.479 e. The lowest BCUT2D eigenvalue weighted by Gasteiger charge is -2.17. The van der Waals surface area contributed by atoms with Crippen LogP contribution in [0.5, 0.6) is 0 Å². The Bertz CT molecular complexity index is 1520. The molecule has 4 rings (SSSR count). The van der Waals surface area contributed by atoms with E-state index in [1.54, 1.807) is 47.2 Å². The molecule has 0 saturated carbocycles. The Hall–Kier alpha value is -2.99. The Balaban J connectivity index is 1.67. The summed E-state index contributed by atoms with van der Waals surface area (Å²) in [5.74, 6) is -1.09. The second-order valence-corrected chi connectivity index (χ2v) is 11.4. The number of sulfone groups is 1. The van der Waals surface area contributed by atoms with Gasteiger partial charge in [0.25, 0.3) is 0 Å². The van der Waals surface area contributed by atoms with Crippen molar-refractivity contribution < 1.29 is 22.5 Å². The Morgan fingerprint density at radius 1 is 1.06 bits per heavy atom. The Morgan fingerprint density at radius 2 is 1.76 bits per heavy atom. The van der Waals surface area contributed by atoms with Crippen LogP contribution in [0.2, 0.25) is 10.0 Å². The van der Waals surface area contributed by atoms with Crippen molar-refractivity contribution in [2.24, 2.45) is 0 Å². The molecule has 0 fully saturated rings. The highest BCUT2D eigenvalue weighted by molar-refractivity contribution is 7.93. The summed E-state index contributed by atoms with van der Waals surface area (Å²) in [6, 6.07) is 13.5. The van der Waals surface area contributed by atoms with Crippen LogP contribution in [0.3, 0.4) is 0 Å². The Morgan fingerprint density at radius 3 is 2.35 bits per heavy atom. The number of rotatable bonds is 7. The second kappa shape index (κ2) is 9.34. The minimum atomic E-state index is -4.37. The van der Waals surface area contributed by atoms with Gasteiger partial charge in [-0.25, -0.2) is 13.2 Å². The van der Waals surface area contributed by atoms with Gasteiger partial charge in [-0.2, -0.15) is 0 Å². The lowest BCUT2D eigenvalue weighted by atomic mass is 10.2. The van der Waals surface area contributed by atoms with Crippen molar-refractivity contribution in [3.63, 3.8) is 0 Å². The van der Waals surface area contributed by atoms with Gasteiger partial charge in [-0.3, -0.25) is 8.78 Å². The van der Waals surface area contributed by atoms with Gasteiger partial charge in [0, 0.05) is 33.6 Å². The number of benzene rings is 2. The molecule has 2 aromatic carbocycles. The van der Waals surface area contributed by atoms with Gasteiger partial charge in [-0.15, -0.1) is 10.2 Å². The second-order valence-electron chi connectivity index (χ2n) is 7.16. The van der Waals surface area contributed by atoms with Crippen LogP contribution in [0.1, 0.15) is 0 Å². The number of hydrogen-bond acceptors (Lipinski definition) is 7. The molecule has 2 aromatic heterocycles. The molecule has 0 amide bonds. The summed E-state index contributed by atoms with van der Waals surface area (Å²) in [5, 5.41) is 19.5. The molecule has 0 aliphatic carbocycles. The van der Waals surface area contributed by atoms with Crippen LogP contribution in [0.4, 0.5) is 5.69 Å². The summed E-state index contributed by atoms with van der Waals surface area (Å²) in [6.45, 7) is 0. The van der Waals surface area contributed by atoms with Crippen LogP contribution in [0, 0.1) is 0 Å². The van der Waals surface area contributed by atoms with Crippen LogP contribution in [-0.2, 0) is 25.4 Å². The maximum absolute atomic E-state index is 13.0. The zero-order valence-corrected chi connectivity index (χ0v) is 20.5. The molecule has 0 spiro atoms. The number of halogens is 2. The van der Waals surface area contributed by atoms with E-state index in [0.29, 0.717) is 16.2 Å². The van der Waals surface area contributed by atoms with Gasteiger partial charge in [-0.1, -0.05) is 23.2 Å². The number of anilines is 1. The van der Waals surface area contributed by atoms with E-state index in [2.05, 4.69) is 15.5 Å². The van der Waals surface area contributed by atoms with Crippen molar-refractivity contribution in [3.8, 4) is 5.82 Å². The van der Waals surface area contributed by atoms with Gasteiger partial charge >= 0.3 is 5.97 Å². The summed E-state index contributed by atoms with van der Waals surface area (Å²) < 4.78 is 39.3. The van der Waals surface area contributed by atoms with Crippen molar-refractivity contribution in [2.75, 3.05) is 11.6 Å². The number of nitrogens with one attached hydrogen (secondary N) is 1. The molecule has 34 heavy (non-hydrogen) atoms. The predicted octanol–water partition coefficient (Wildman–Crippen LogP) is 3.76. The van der Waals surface area contributed by atoms with Crippen molar-refractivity contribution >= 4 is 66.4 Å². The summed E-state index contributed by atoms with van der Waals surface area (Å²) >= 11 is 11.8. The number of carbonyl (C=O) groups is 1. The number of nitrogens with zero attached hydrogens (tertiary/aromatic N) is 3. The molecule has 176 valence electrons. The summed E-state index contributed by atoms with van der Waals surface area (Å²) in [5.41, 5.74) is 0.999. The first-order valence-electron chi connectivity index (χ1n) is 9.54. The van der Waals surface area contributed by atoms with E-state index in [1.807, 2.05) is 0 Å². The third-order valence-electron chi connectivity index (χ3n) is 4.85. The van der Waals surface area contributed by atoms with E-state index in [0.717, 1.165) is 17.6 Å². The van der Waals surface area contributed by atoms with Crippen molar-refractivity contribution in [1.82, 2.24) is 14.8 Å². The fourth-order valence-electron chi connectivity index (χ4n) is 3.28. The molecule has 2 atom stereocenters. The van der Waals surface area contributed by atoms with Crippen molar-refractivity contribution in [2.45, 2.75) is 15.3 Å². The van der Waals surface area contributed by atoms with E-state index in [-0.39, 0.29) is 20.6 Å². The zero-order valence-electron chi connectivity index (χ0n) is 17.3. The van der Waals surface area contributed by atoms with E-state index in [1.165, 1.54) is 12.3 Å². The molecule has 9 nitrogen and oxygen atoms in total. The number of aromatic nitrogens is 3. The van der Waals surface area contributed by atoms with Gasteiger partial charge in [0.15, 0.2) is 5.82 Å². The molecule has 0 radical (unpaired) electrons.